The first-order chi connectivity index (χ1) is 11.4. The molecule has 1 saturated heterocycles. The molecule has 2 aliphatic rings. The second kappa shape index (κ2) is 10.9. The fourth-order valence-electron chi connectivity index (χ4n) is 4.04. The summed E-state index contributed by atoms with van der Waals surface area (Å²) in [5.74, 6) is 0.963. The van der Waals surface area contributed by atoms with Gasteiger partial charge in [-0.1, -0.05) is 0 Å². The third kappa shape index (κ3) is 7.21. The van der Waals surface area contributed by atoms with Crippen molar-refractivity contribution in [2.45, 2.75) is 90.5 Å². The van der Waals surface area contributed by atoms with E-state index < -0.39 is 0 Å². The van der Waals surface area contributed by atoms with Crippen LogP contribution < -0.4 is 10.6 Å². The standard InChI is InChI=1S/C19H39N5.HI/c1-14(2)23(15(3)4)11-7-10-21-19(20-6)22-17-12-16(5)24(13-17)18-8-9-18;/h14-18H,7-13H2,1-6H3,(H2,20,21,22);1H. The summed E-state index contributed by atoms with van der Waals surface area (Å²) in [6, 6.07) is 3.32. The molecule has 0 amide bonds. The van der Waals surface area contributed by atoms with Gasteiger partial charge in [-0.25, -0.2) is 0 Å². The van der Waals surface area contributed by atoms with Crippen LogP contribution in [0, 0.1) is 0 Å². The Hall–Kier alpha value is -0.0800. The maximum absolute atomic E-state index is 4.41. The molecule has 25 heavy (non-hydrogen) atoms. The number of rotatable bonds is 8. The molecule has 0 aromatic rings. The zero-order chi connectivity index (χ0) is 17.7. The zero-order valence-electron chi connectivity index (χ0n) is 17.1. The molecule has 1 aliphatic heterocycles. The molecule has 0 spiro atoms. The Bertz CT molecular complexity index is 401. The van der Waals surface area contributed by atoms with Gasteiger partial charge >= 0.3 is 0 Å². The van der Waals surface area contributed by atoms with Crippen molar-refractivity contribution in [1.82, 2.24) is 20.4 Å². The van der Waals surface area contributed by atoms with Crippen LogP contribution in [0.3, 0.4) is 0 Å². The Morgan fingerprint density at radius 1 is 1.20 bits per heavy atom. The highest BCUT2D eigenvalue weighted by atomic mass is 127. The molecule has 1 heterocycles. The van der Waals surface area contributed by atoms with Crippen LogP contribution in [-0.2, 0) is 0 Å². The molecule has 1 aliphatic carbocycles. The lowest BCUT2D eigenvalue weighted by Gasteiger charge is -2.30. The van der Waals surface area contributed by atoms with Gasteiger partial charge in [0.15, 0.2) is 5.96 Å². The van der Waals surface area contributed by atoms with Crippen LogP contribution in [0.4, 0.5) is 0 Å². The van der Waals surface area contributed by atoms with Gasteiger partial charge in [0.05, 0.1) is 0 Å². The van der Waals surface area contributed by atoms with Crippen LogP contribution in [0.15, 0.2) is 4.99 Å². The van der Waals surface area contributed by atoms with E-state index in [1.165, 1.54) is 25.8 Å². The maximum Gasteiger partial charge on any atom is 0.191 e. The van der Waals surface area contributed by atoms with Crippen molar-refractivity contribution in [2.75, 3.05) is 26.7 Å². The normalized spacial score (nSPS) is 24.9. The topological polar surface area (TPSA) is 42.9 Å². The van der Waals surface area contributed by atoms with E-state index in [2.05, 4.69) is 60.0 Å². The van der Waals surface area contributed by atoms with Crippen LogP contribution in [0.1, 0.15) is 60.3 Å². The second-order valence-electron chi connectivity index (χ2n) is 8.13. The first-order valence-electron chi connectivity index (χ1n) is 9.91. The van der Waals surface area contributed by atoms with E-state index in [1.54, 1.807) is 0 Å². The third-order valence-corrected chi connectivity index (χ3v) is 5.42. The average Bonchev–Trinajstić information content (AvgIpc) is 3.28. The number of guanidine groups is 1. The highest BCUT2D eigenvalue weighted by Crippen LogP contribution is 2.33. The van der Waals surface area contributed by atoms with Crippen LogP contribution in [0.5, 0.6) is 0 Å². The van der Waals surface area contributed by atoms with Crippen molar-refractivity contribution in [3.05, 3.63) is 0 Å². The summed E-state index contributed by atoms with van der Waals surface area (Å²) in [7, 11) is 1.88. The van der Waals surface area contributed by atoms with Crippen LogP contribution in [0.25, 0.3) is 0 Å². The molecule has 5 nitrogen and oxygen atoms in total. The van der Waals surface area contributed by atoms with Crippen LogP contribution in [-0.4, -0.2) is 72.7 Å². The molecule has 2 N–H and O–H groups in total. The first-order valence-corrected chi connectivity index (χ1v) is 9.91. The zero-order valence-corrected chi connectivity index (χ0v) is 19.4. The van der Waals surface area contributed by atoms with Gasteiger partial charge in [0.2, 0.25) is 0 Å². The Morgan fingerprint density at radius 3 is 2.36 bits per heavy atom. The summed E-state index contributed by atoms with van der Waals surface area (Å²) < 4.78 is 0. The Balaban J connectivity index is 0.00000312. The lowest BCUT2D eigenvalue weighted by molar-refractivity contribution is 0.173. The van der Waals surface area contributed by atoms with Gasteiger partial charge in [-0.3, -0.25) is 14.8 Å². The van der Waals surface area contributed by atoms with Gasteiger partial charge in [0.1, 0.15) is 0 Å². The summed E-state index contributed by atoms with van der Waals surface area (Å²) in [5, 5.41) is 7.12. The number of hydrogen-bond donors (Lipinski definition) is 2. The molecule has 0 aromatic carbocycles. The molecule has 0 bridgehead atoms. The molecule has 2 fully saturated rings. The van der Waals surface area contributed by atoms with Crippen molar-refractivity contribution >= 4 is 29.9 Å². The van der Waals surface area contributed by atoms with Gasteiger partial charge in [-0.05, 0) is 60.3 Å². The lowest BCUT2D eigenvalue weighted by Crippen LogP contribution is -2.45. The second-order valence-corrected chi connectivity index (χ2v) is 8.13. The molecular formula is C19H40IN5. The van der Waals surface area contributed by atoms with Crippen molar-refractivity contribution in [2.24, 2.45) is 4.99 Å². The minimum absolute atomic E-state index is 0. The summed E-state index contributed by atoms with van der Waals surface area (Å²) in [4.78, 5) is 9.63. The number of nitrogens with zero attached hydrogens (tertiary/aromatic N) is 3. The average molecular weight is 465 g/mol. The number of halogens is 1. The van der Waals surface area contributed by atoms with E-state index in [0.717, 1.165) is 31.5 Å². The van der Waals surface area contributed by atoms with Gasteiger partial charge < -0.3 is 10.6 Å². The van der Waals surface area contributed by atoms with Gasteiger partial charge in [0.25, 0.3) is 0 Å². The monoisotopic (exact) mass is 465 g/mol. The predicted molar refractivity (Wildman–Crippen MR) is 119 cm³/mol. The lowest BCUT2D eigenvalue weighted by atomic mass is 10.2. The van der Waals surface area contributed by atoms with E-state index in [1.807, 2.05) is 7.05 Å². The minimum atomic E-state index is 0. The summed E-state index contributed by atoms with van der Waals surface area (Å²) in [6.45, 7) is 14.8. The molecule has 0 aromatic heterocycles. The number of hydrogen-bond acceptors (Lipinski definition) is 3. The molecule has 0 radical (unpaired) electrons. The molecular weight excluding hydrogens is 425 g/mol. The Morgan fingerprint density at radius 2 is 1.84 bits per heavy atom. The van der Waals surface area contributed by atoms with Crippen LogP contribution >= 0.6 is 24.0 Å². The molecule has 2 rings (SSSR count). The summed E-state index contributed by atoms with van der Waals surface area (Å²) >= 11 is 0. The highest BCUT2D eigenvalue weighted by Gasteiger charge is 2.38. The van der Waals surface area contributed by atoms with Crippen molar-refractivity contribution in [3.63, 3.8) is 0 Å². The fourth-order valence-corrected chi connectivity index (χ4v) is 4.04. The van der Waals surface area contributed by atoms with E-state index in [0.29, 0.717) is 24.2 Å². The molecule has 2 unspecified atom stereocenters. The third-order valence-electron chi connectivity index (χ3n) is 5.42. The van der Waals surface area contributed by atoms with Crippen molar-refractivity contribution < 1.29 is 0 Å². The Kier molecular flexibility index (Phi) is 10.0. The van der Waals surface area contributed by atoms with E-state index >= 15 is 0 Å². The van der Waals surface area contributed by atoms with Gasteiger partial charge in [0, 0.05) is 56.9 Å². The van der Waals surface area contributed by atoms with E-state index in [4.69, 9.17) is 0 Å². The smallest absolute Gasteiger partial charge is 0.191 e. The molecule has 2 atom stereocenters. The molecule has 148 valence electrons. The van der Waals surface area contributed by atoms with Gasteiger partial charge in [-0.2, -0.15) is 0 Å². The quantitative estimate of drug-likeness (QED) is 0.251. The first kappa shape index (κ1) is 23.0. The minimum Gasteiger partial charge on any atom is -0.356 e. The maximum atomic E-state index is 4.41. The van der Waals surface area contributed by atoms with Crippen LogP contribution in [0.2, 0.25) is 0 Å². The Labute approximate surface area is 172 Å². The van der Waals surface area contributed by atoms with Crippen molar-refractivity contribution in [1.29, 1.82) is 0 Å². The largest absolute Gasteiger partial charge is 0.356 e. The number of aliphatic imine (C=N–C) groups is 1. The molecule has 1 saturated carbocycles. The summed E-state index contributed by atoms with van der Waals surface area (Å²) in [5.41, 5.74) is 0. The van der Waals surface area contributed by atoms with Gasteiger partial charge in [-0.15, -0.1) is 24.0 Å². The van der Waals surface area contributed by atoms with E-state index in [9.17, 15) is 0 Å². The molecule has 6 heteroatoms. The number of likely N-dealkylation sites (tertiary alicyclic amines) is 1. The highest BCUT2D eigenvalue weighted by molar-refractivity contribution is 14.0. The van der Waals surface area contributed by atoms with Crippen molar-refractivity contribution in [3.8, 4) is 0 Å². The predicted octanol–water partition coefficient (Wildman–Crippen LogP) is 2.90. The SMILES string of the molecule is CN=C(NCCCN(C(C)C)C(C)C)NC1CC(C)N(C2CC2)C1.I. The van der Waals surface area contributed by atoms with E-state index in [-0.39, 0.29) is 24.0 Å². The fraction of sp³-hybridized carbons (Fsp3) is 0.947. The summed E-state index contributed by atoms with van der Waals surface area (Å²) in [6.07, 6.45) is 5.16. The number of nitrogens with one attached hydrogen (secondary N) is 2.